The molecule has 0 amide bonds. The second-order valence-corrected chi connectivity index (χ2v) is 5.96. The Bertz CT molecular complexity index is 698. The van der Waals surface area contributed by atoms with Gasteiger partial charge in [0.1, 0.15) is 16.9 Å². The lowest BCUT2D eigenvalue weighted by Gasteiger charge is -2.08. The van der Waals surface area contributed by atoms with Gasteiger partial charge < -0.3 is 0 Å². The molecule has 0 saturated heterocycles. The van der Waals surface area contributed by atoms with Gasteiger partial charge in [-0.15, -0.1) is 10.2 Å². The number of nitrogens with one attached hydrogen (secondary N) is 1. The maximum Gasteiger partial charge on any atom is 0.214 e. The van der Waals surface area contributed by atoms with Crippen molar-refractivity contribution in [3.05, 3.63) is 22.6 Å². The van der Waals surface area contributed by atoms with Crippen molar-refractivity contribution in [3.8, 4) is 6.07 Å². The van der Waals surface area contributed by atoms with Gasteiger partial charge in [0.05, 0.1) is 11.3 Å². The quantitative estimate of drug-likeness (QED) is 0.912. The number of hydrogen-bond donors (Lipinski definition) is 1. The van der Waals surface area contributed by atoms with Gasteiger partial charge in [-0.1, -0.05) is 13.8 Å². The Hall–Kier alpha value is -1.94. The summed E-state index contributed by atoms with van der Waals surface area (Å²) in [6, 6.07) is 2.26. The number of aromatic amines is 1. The maximum absolute atomic E-state index is 9.45. The number of nitrogens with zero attached hydrogens (tertiary/aromatic N) is 5. The summed E-state index contributed by atoms with van der Waals surface area (Å²) in [5, 5.41) is 26.2. The zero-order chi connectivity index (χ0) is 14.8. The molecule has 1 N–H and O–H groups in total. The summed E-state index contributed by atoms with van der Waals surface area (Å²) in [6.07, 6.45) is 3.90. The lowest BCUT2D eigenvalue weighted by Crippen LogP contribution is -2.04. The average Bonchev–Trinajstić information content (AvgIpc) is 3.26. The van der Waals surface area contributed by atoms with Crippen LogP contribution in [0.5, 0.6) is 0 Å². The molecular formula is C14H16N6S. The molecule has 0 bridgehead atoms. The molecule has 6 nitrogen and oxygen atoms in total. The summed E-state index contributed by atoms with van der Waals surface area (Å²) < 4.78 is 0. The first-order valence-corrected chi connectivity index (χ1v) is 7.97. The van der Waals surface area contributed by atoms with Crippen molar-refractivity contribution in [2.45, 2.75) is 55.6 Å². The van der Waals surface area contributed by atoms with Crippen LogP contribution in [0.15, 0.2) is 10.2 Å². The van der Waals surface area contributed by atoms with Crippen molar-refractivity contribution < 1.29 is 0 Å². The SMILES string of the molecule is CCc1nnc(Sc2n[nH]c(C3CC3)n2)c(C#N)c1CC. The first-order chi connectivity index (χ1) is 10.3. The summed E-state index contributed by atoms with van der Waals surface area (Å²) in [5.74, 6) is 1.46. The topological polar surface area (TPSA) is 91.1 Å². The summed E-state index contributed by atoms with van der Waals surface area (Å²) in [6.45, 7) is 4.05. The van der Waals surface area contributed by atoms with E-state index in [2.05, 4.69) is 31.4 Å². The Labute approximate surface area is 127 Å². The Balaban J connectivity index is 1.92. The van der Waals surface area contributed by atoms with Gasteiger partial charge in [0.15, 0.2) is 0 Å². The largest absolute Gasteiger partial charge is 0.262 e. The van der Waals surface area contributed by atoms with Gasteiger partial charge in [-0.05, 0) is 43.0 Å². The number of aromatic nitrogens is 5. The minimum absolute atomic E-state index is 0.530. The van der Waals surface area contributed by atoms with E-state index in [1.165, 1.54) is 24.6 Å². The molecule has 2 aromatic rings. The highest BCUT2D eigenvalue weighted by Gasteiger charge is 2.27. The molecule has 3 rings (SSSR count). The molecule has 0 spiro atoms. The van der Waals surface area contributed by atoms with Crippen LogP contribution >= 0.6 is 11.8 Å². The van der Waals surface area contributed by atoms with Crippen molar-refractivity contribution in [2.24, 2.45) is 0 Å². The molecule has 0 radical (unpaired) electrons. The first-order valence-electron chi connectivity index (χ1n) is 7.15. The lowest BCUT2D eigenvalue weighted by atomic mass is 10.1. The van der Waals surface area contributed by atoms with E-state index < -0.39 is 0 Å². The first kappa shape index (κ1) is 14.0. The summed E-state index contributed by atoms with van der Waals surface area (Å²) in [5.41, 5.74) is 2.48. The normalized spacial score (nSPS) is 14.1. The zero-order valence-corrected chi connectivity index (χ0v) is 12.9. The van der Waals surface area contributed by atoms with Gasteiger partial charge in [0.2, 0.25) is 5.16 Å². The van der Waals surface area contributed by atoms with Crippen molar-refractivity contribution in [1.29, 1.82) is 5.26 Å². The van der Waals surface area contributed by atoms with Crippen LogP contribution in [0.3, 0.4) is 0 Å². The van der Waals surface area contributed by atoms with Crippen LogP contribution < -0.4 is 0 Å². The Morgan fingerprint density at radius 3 is 2.71 bits per heavy atom. The standard InChI is InChI=1S/C14H16N6S/c1-3-9-10(7-15)13(19-17-11(9)4-2)21-14-16-12(18-20-14)8-5-6-8/h8H,3-6H2,1-2H3,(H,16,18,20). The predicted molar refractivity (Wildman–Crippen MR) is 78.0 cm³/mol. The fourth-order valence-corrected chi connectivity index (χ4v) is 3.03. The van der Waals surface area contributed by atoms with Crippen LogP contribution in [0.1, 0.15) is 55.3 Å². The summed E-state index contributed by atoms with van der Waals surface area (Å²) in [7, 11) is 0. The Morgan fingerprint density at radius 2 is 2.10 bits per heavy atom. The molecule has 2 aromatic heterocycles. The van der Waals surface area contributed by atoms with Crippen LogP contribution in [-0.2, 0) is 12.8 Å². The summed E-state index contributed by atoms with van der Waals surface area (Å²) >= 11 is 1.30. The van der Waals surface area contributed by atoms with Gasteiger partial charge >= 0.3 is 0 Å². The molecule has 108 valence electrons. The van der Waals surface area contributed by atoms with Gasteiger partial charge in [-0.3, -0.25) is 5.10 Å². The van der Waals surface area contributed by atoms with E-state index >= 15 is 0 Å². The molecule has 0 aliphatic heterocycles. The highest BCUT2D eigenvalue weighted by Crippen LogP contribution is 2.39. The van der Waals surface area contributed by atoms with E-state index in [1.54, 1.807) is 0 Å². The minimum Gasteiger partial charge on any atom is -0.262 e. The van der Waals surface area contributed by atoms with Crippen LogP contribution in [0, 0.1) is 11.3 Å². The molecule has 0 atom stereocenters. The molecule has 1 aliphatic carbocycles. The lowest BCUT2D eigenvalue weighted by molar-refractivity contribution is 0.815. The molecule has 1 aliphatic rings. The van der Waals surface area contributed by atoms with Crippen LogP contribution in [0.25, 0.3) is 0 Å². The number of hydrogen-bond acceptors (Lipinski definition) is 6. The van der Waals surface area contributed by atoms with E-state index in [-0.39, 0.29) is 0 Å². The van der Waals surface area contributed by atoms with E-state index in [4.69, 9.17) is 0 Å². The number of rotatable bonds is 5. The molecule has 0 unspecified atom stereocenters. The van der Waals surface area contributed by atoms with Gasteiger partial charge in [-0.25, -0.2) is 4.98 Å². The molecule has 2 heterocycles. The third-order valence-electron chi connectivity index (χ3n) is 3.56. The van der Waals surface area contributed by atoms with Crippen molar-refractivity contribution >= 4 is 11.8 Å². The fourth-order valence-electron chi connectivity index (χ4n) is 2.27. The second-order valence-electron chi connectivity index (χ2n) is 5.00. The van der Waals surface area contributed by atoms with Crippen molar-refractivity contribution in [1.82, 2.24) is 25.4 Å². The van der Waals surface area contributed by atoms with E-state index in [1.807, 2.05) is 13.8 Å². The monoisotopic (exact) mass is 300 g/mol. The average molecular weight is 300 g/mol. The number of aryl methyl sites for hydroxylation is 1. The third-order valence-corrected chi connectivity index (χ3v) is 4.40. The Morgan fingerprint density at radius 1 is 1.29 bits per heavy atom. The van der Waals surface area contributed by atoms with Crippen molar-refractivity contribution in [3.63, 3.8) is 0 Å². The van der Waals surface area contributed by atoms with E-state index in [9.17, 15) is 5.26 Å². The molecule has 1 fully saturated rings. The zero-order valence-electron chi connectivity index (χ0n) is 12.1. The highest BCUT2D eigenvalue weighted by atomic mass is 32.2. The van der Waals surface area contributed by atoms with Gasteiger partial charge in [-0.2, -0.15) is 10.4 Å². The van der Waals surface area contributed by atoms with Crippen LogP contribution in [0.2, 0.25) is 0 Å². The maximum atomic E-state index is 9.45. The third kappa shape index (κ3) is 2.76. The minimum atomic E-state index is 0.530. The smallest absolute Gasteiger partial charge is 0.214 e. The Kier molecular flexibility index (Phi) is 3.88. The second kappa shape index (κ2) is 5.82. The summed E-state index contributed by atoms with van der Waals surface area (Å²) in [4.78, 5) is 4.46. The molecule has 21 heavy (non-hydrogen) atoms. The van der Waals surface area contributed by atoms with Crippen LogP contribution in [-0.4, -0.2) is 25.4 Å². The van der Waals surface area contributed by atoms with Crippen LogP contribution in [0.4, 0.5) is 0 Å². The highest BCUT2D eigenvalue weighted by molar-refractivity contribution is 7.99. The molecule has 0 aromatic carbocycles. The molecular weight excluding hydrogens is 284 g/mol. The molecule has 7 heteroatoms. The van der Waals surface area contributed by atoms with Crippen molar-refractivity contribution in [2.75, 3.05) is 0 Å². The predicted octanol–water partition coefficient (Wildman–Crippen LogP) is 2.62. The number of H-pyrrole nitrogens is 1. The van der Waals surface area contributed by atoms with Gasteiger partial charge in [0.25, 0.3) is 0 Å². The van der Waals surface area contributed by atoms with E-state index in [0.717, 1.165) is 29.9 Å². The number of nitriles is 1. The fraction of sp³-hybridized carbons (Fsp3) is 0.500. The molecule has 1 saturated carbocycles. The van der Waals surface area contributed by atoms with E-state index in [0.29, 0.717) is 21.7 Å². The van der Waals surface area contributed by atoms with Gasteiger partial charge in [0, 0.05) is 5.92 Å².